The first-order valence-corrected chi connectivity index (χ1v) is 3.87. The molecule has 1 aromatic rings. The standard InChI is InChI=1S/C8H6BrNO/c9-7-1-3-8(4-2-7)11-6-5-10/h1-4H,6H2. The van der Waals surface area contributed by atoms with E-state index in [1.807, 2.05) is 18.2 Å². The minimum absolute atomic E-state index is 0.0988. The summed E-state index contributed by atoms with van der Waals surface area (Å²) >= 11 is 3.29. The Hall–Kier alpha value is -1.01. The number of nitrogens with zero attached hydrogens (tertiary/aromatic N) is 1. The van der Waals surface area contributed by atoms with Crippen LogP contribution in [0.2, 0.25) is 0 Å². The summed E-state index contributed by atoms with van der Waals surface area (Å²) < 4.78 is 6.03. The molecule has 0 heterocycles. The van der Waals surface area contributed by atoms with Gasteiger partial charge >= 0.3 is 0 Å². The van der Waals surface area contributed by atoms with E-state index in [-0.39, 0.29) is 6.61 Å². The monoisotopic (exact) mass is 211 g/mol. The van der Waals surface area contributed by atoms with Crippen molar-refractivity contribution in [3.63, 3.8) is 0 Å². The second-order valence-electron chi connectivity index (χ2n) is 1.90. The molecule has 1 aromatic carbocycles. The Kier molecular flexibility index (Phi) is 2.94. The molecular weight excluding hydrogens is 206 g/mol. The Labute approximate surface area is 73.5 Å². The number of nitriles is 1. The zero-order valence-electron chi connectivity index (χ0n) is 5.75. The third-order valence-corrected chi connectivity index (χ3v) is 1.65. The van der Waals surface area contributed by atoms with Gasteiger partial charge < -0.3 is 4.74 Å². The van der Waals surface area contributed by atoms with Crippen molar-refractivity contribution in [3.05, 3.63) is 28.7 Å². The molecule has 0 aliphatic rings. The second-order valence-corrected chi connectivity index (χ2v) is 2.82. The van der Waals surface area contributed by atoms with Gasteiger partial charge in [0.2, 0.25) is 0 Å². The summed E-state index contributed by atoms with van der Waals surface area (Å²) in [5.41, 5.74) is 0. The van der Waals surface area contributed by atoms with Gasteiger partial charge in [-0.3, -0.25) is 0 Å². The first-order valence-electron chi connectivity index (χ1n) is 3.08. The van der Waals surface area contributed by atoms with Crippen LogP contribution in [0.3, 0.4) is 0 Å². The van der Waals surface area contributed by atoms with E-state index in [0.717, 1.165) is 10.2 Å². The molecule has 0 bridgehead atoms. The number of halogens is 1. The summed E-state index contributed by atoms with van der Waals surface area (Å²) in [6.45, 7) is 0.0988. The summed E-state index contributed by atoms with van der Waals surface area (Å²) in [4.78, 5) is 0. The van der Waals surface area contributed by atoms with Gasteiger partial charge in [0, 0.05) is 4.47 Å². The van der Waals surface area contributed by atoms with Gasteiger partial charge in [0.25, 0.3) is 0 Å². The largest absolute Gasteiger partial charge is 0.479 e. The minimum Gasteiger partial charge on any atom is -0.479 e. The molecule has 0 fully saturated rings. The number of hydrogen-bond donors (Lipinski definition) is 0. The molecule has 0 atom stereocenters. The van der Waals surface area contributed by atoms with Crippen LogP contribution in [0, 0.1) is 11.3 Å². The molecule has 0 radical (unpaired) electrons. The minimum atomic E-state index is 0.0988. The van der Waals surface area contributed by atoms with Crippen molar-refractivity contribution in [3.8, 4) is 11.8 Å². The van der Waals surface area contributed by atoms with Crippen LogP contribution in [0.1, 0.15) is 0 Å². The van der Waals surface area contributed by atoms with Crippen LogP contribution in [0.5, 0.6) is 5.75 Å². The molecular formula is C8H6BrNO. The van der Waals surface area contributed by atoms with E-state index < -0.39 is 0 Å². The summed E-state index contributed by atoms with van der Waals surface area (Å²) in [6.07, 6.45) is 0. The van der Waals surface area contributed by atoms with Crippen molar-refractivity contribution in [2.24, 2.45) is 0 Å². The van der Waals surface area contributed by atoms with Crippen molar-refractivity contribution in [2.45, 2.75) is 0 Å². The molecule has 0 aliphatic heterocycles. The van der Waals surface area contributed by atoms with Gasteiger partial charge in [-0.1, -0.05) is 15.9 Å². The van der Waals surface area contributed by atoms with Crippen molar-refractivity contribution in [1.29, 1.82) is 5.26 Å². The molecule has 56 valence electrons. The van der Waals surface area contributed by atoms with Crippen LogP contribution in [0.25, 0.3) is 0 Å². The highest BCUT2D eigenvalue weighted by molar-refractivity contribution is 9.10. The molecule has 0 saturated heterocycles. The van der Waals surface area contributed by atoms with Gasteiger partial charge in [-0.05, 0) is 24.3 Å². The average molecular weight is 212 g/mol. The summed E-state index contributed by atoms with van der Waals surface area (Å²) in [5, 5.41) is 8.20. The average Bonchev–Trinajstić information content (AvgIpc) is 2.04. The molecule has 2 nitrogen and oxygen atoms in total. The van der Waals surface area contributed by atoms with Gasteiger partial charge in [0.05, 0.1) is 0 Å². The van der Waals surface area contributed by atoms with Crippen LogP contribution >= 0.6 is 15.9 Å². The Morgan fingerprint density at radius 1 is 1.36 bits per heavy atom. The van der Waals surface area contributed by atoms with E-state index >= 15 is 0 Å². The normalized spacial score (nSPS) is 8.73. The van der Waals surface area contributed by atoms with Crippen LogP contribution < -0.4 is 4.74 Å². The summed E-state index contributed by atoms with van der Waals surface area (Å²) in [6, 6.07) is 9.25. The lowest BCUT2D eigenvalue weighted by Crippen LogP contribution is -1.92. The maximum Gasteiger partial charge on any atom is 0.174 e. The van der Waals surface area contributed by atoms with E-state index in [1.54, 1.807) is 12.1 Å². The van der Waals surface area contributed by atoms with Gasteiger partial charge in [-0.15, -0.1) is 0 Å². The van der Waals surface area contributed by atoms with E-state index in [1.165, 1.54) is 0 Å². The Balaban J connectivity index is 2.60. The van der Waals surface area contributed by atoms with Crippen LogP contribution in [-0.4, -0.2) is 6.61 Å². The van der Waals surface area contributed by atoms with E-state index in [4.69, 9.17) is 10.00 Å². The van der Waals surface area contributed by atoms with Crippen LogP contribution in [0.15, 0.2) is 28.7 Å². The maximum absolute atomic E-state index is 8.20. The first-order chi connectivity index (χ1) is 5.33. The lowest BCUT2D eigenvalue weighted by Gasteiger charge is -1.99. The van der Waals surface area contributed by atoms with Crippen molar-refractivity contribution >= 4 is 15.9 Å². The molecule has 0 spiro atoms. The fraction of sp³-hybridized carbons (Fsp3) is 0.125. The predicted octanol–water partition coefficient (Wildman–Crippen LogP) is 2.35. The number of rotatable bonds is 2. The predicted molar refractivity (Wildman–Crippen MR) is 45.3 cm³/mol. The molecule has 0 amide bonds. The molecule has 0 unspecified atom stereocenters. The van der Waals surface area contributed by atoms with Crippen LogP contribution in [-0.2, 0) is 0 Å². The number of benzene rings is 1. The highest BCUT2D eigenvalue weighted by Gasteiger charge is 1.90. The third-order valence-electron chi connectivity index (χ3n) is 1.12. The molecule has 11 heavy (non-hydrogen) atoms. The van der Waals surface area contributed by atoms with Gasteiger partial charge in [-0.2, -0.15) is 5.26 Å². The van der Waals surface area contributed by atoms with E-state index in [0.29, 0.717) is 0 Å². The molecule has 0 aromatic heterocycles. The smallest absolute Gasteiger partial charge is 0.174 e. The first kappa shape index (κ1) is 8.09. The van der Waals surface area contributed by atoms with E-state index in [9.17, 15) is 0 Å². The summed E-state index contributed by atoms with van der Waals surface area (Å²) in [7, 11) is 0. The maximum atomic E-state index is 8.20. The zero-order chi connectivity index (χ0) is 8.10. The number of hydrogen-bond acceptors (Lipinski definition) is 2. The lowest BCUT2D eigenvalue weighted by atomic mass is 10.3. The molecule has 3 heteroatoms. The van der Waals surface area contributed by atoms with Gasteiger partial charge in [-0.25, -0.2) is 0 Å². The molecule has 0 aliphatic carbocycles. The van der Waals surface area contributed by atoms with Crippen molar-refractivity contribution in [1.82, 2.24) is 0 Å². The zero-order valence-corrected chi connectivity index (χ0v) is 7.34. The lowest BCUT2D eigenvalue weighted by molar-refractivity contribution is 0.368. The fourth-order valence-corrected chi connectivity index (χ4v) is 0.911. The van der Waals surface area contributed by atoms with Crippen LogP contribution in [0.4, 0.5) is 0 Å². The quantitative estimate of drug-likeness (QED) is 0.753. The topological polar surface area (TPSA) is 33.0 Å². The van der Waals surface area contributed by atoms with Crippen molar-refractivity contribution in [2.75, 3.05) is 6.61 Å². The molecule has 0 N–H and O–H groups in total. The van der Waals surface area contributed by atoms with E-state index in [2.05, 4.69) is 15.9 Å². The van der Waals surface area contributed by atoms with Gasteiger partial charge in [0.15, 0.2) is 6.61 Å². The summed E-state index contributed by atoms with van der Waals surface area (Å²) in [5.74, 6) is 0.717. The Bertz CT molecular complexity index is 262. The Morgan fingerprint density at radius 3 is 2.55 bits per heavy atom. The molecule has 0 saturated carbocycles. The Morgan fingerprint density at radius 2 is 2.00 bits per heavy atom. The second kappa shape index (κ2) is 3.99. The third kappa shape index (κ3) is 2.60. The number of ether oxygens (including phenoxy) is 1. The van der Waals surface area contributed by atoms with Gasteiger partial charge in [0.1, 0.15) is 11.8 Å². The highest BCUT2D eigenvalue weighted by Crippen LogP contribution is 2.15. The molecule has 1 rings (SSSR count). The SMILES string of the molecule is N#CCOc1ccc(Br)cc1. The van der Waals surface area contributed by atoms with Crippen molar-refractivity contribution < 1.29 is 4.74 Å². The fourth-order valence-electron chi connectivity index (χ4n) is 0.646. The highest BCUT2D eigenvalue weighted by atomic mass is 79.9.